The van der Waals surface area contributed by atoms with Crippen molar-refractivity contribution >= 4 is 11.9 Å². The van der Waals surface area contributed by atoms with Gasteiger partial charge in [0.25, 0.3) is 0 Å². The van der Waals surface area contributed by atoms with Crippen molar-refractivity contribution in [2.45, 2.75) is 194 Å². The molecular formula is C47H76O3. The standard InChI is InChI=1S/C47H76O3/c1-3-5-7-9-11-13-15-17-19-21-23-25-27-29-40-49-45-37-34-43(35-38-45)36-39-47(48)44-32-31-33-46(42-44)50-41-30-28-26-24-22-20-18-16-14-12-10-8-6-4-2/h31-39,42H,3-30,40-41H2,1-2H3/b39-36+. The molecule has 3 nitrogen and oxygen atoms in total. The maximum Gasteiger partial charge on any atom is 0.185 e. The number of hydrogen-bond donors (Lipinski definition) is 0. The van der Waals surface area contributed by atoms with Crippen molar-refractivity contribution in [1.29, 1.82) is 0 Å². The maximum absolute atomic E-state index is 12.9. The van der Waals surface area contributed by atoms with Crippen LogP contribution in [-0.2, 0) is 0 Å². The van der Waals surface area contributed by atoms with E-state index in [1.54, 1.807) is 6.08 Å². The Morgan fingerprint density at radius 3 is 1.26 bits per heavy atom. The molecule has 0 aliphatic carbocycles. The molecule has 2 aromatic carbocycles. The van der Waals surface area contributed by atoms with Gasteiger partial charge in [0.2, 0.25) is 0 Å². The highest BCUT2D eigenvalue weighted by Gasteiger charge is 2.05. The van der Waals surface area contributed by atoms with E-state index in [4.69, 9.17) is 9.47 Å². The largest absolute Gasteiger partial charge is 0.494 e. The number of ether oxygens (including phenoxy) is 2. The van der Waals surface area contributed by atoms with E-state index < -0.39 is 0 Å². The monoisotopic (exact) mass is 689 g/mol. The highest BCUT2D eigenvalue weighted by Crippen LogP contribution is 2.19. The summed E-state index contributed by atoms with van der Waals surface area (Å²) in [4.78, 5) is 12.9. The summed E-state index contributed by atoms with van der Waals surface area (Å²) in [6.45, 7) is 6.05. The molecular weight excluding hydrogens is 613 g/mol. The average Bonchev–Trinajstić information content (AvgIpc) is 3.14. The highest BCUT2D eigenvalue weighted by atomic mass is 16.5. The molecule has 2 aromatic rings. The van der Waals surface area contributed by atoms with Gasteiger partial charge in [0.15, 0.2) is 5.78 Å². The van der Waals surface area contributed by atoms with Crippen LogP contribution in [0.5, 0.6) is 11.5 Å². The first-order chi connectivity index (χ1) is 24.7. The van der Waals surface area contributed by atoms with Crippen LogP contribution in [-0.4, -0.2) is 19.0 Å². The molecule has 0 N–H and O–H groups in total. The summed E-state index contributed by atoms with van der Waals surface area (Å²) >= 11 is 0. The highest BCUT2D eigenvalue weighted by molar-refractivity contribution is 6.07. The van der Waals surface area contributed by atoms with E-state index in [1.807, 2.05) is 54.6 Å². The summed E-state index contributed by atoms with van der Waals surface area (Å²) in [5, 5.41) is 0. The fourth-order valence-electron chi connectivity index (χ4n) is 6.66. The normalized spacial score (nSPS) is 11.4. The summed E-state index contributed by atoms with van der Waals surface area (Å²) in [5.74, 6) is 1.66. The van der Waals surface area contributed by atoms with E-state index in [2.05, 4.69) is 13.8 Å². The van der Waals surface area contributed by atoms with Gasteiger partial charge in [-0.3, -0.25) is 4.79 Å². The van der Waals surface area contributed by atoms with Crippen molar-refractivity contribution in [3.63, 3.8) is 0 Å². The molecule has 0 fully saturated rings. The zero-order chi connectivity index (χ0) is 35.6. The van der Waals surface area contributed by atoms with Gasteiger partial charge in [-0.1, -0.05) is 211 Å². The van der Waals surface area contributed by atoms with Crippen LogP contribution in [0.25, 0.3) is 6.08 Å². The van der Waals surface area contributed by atoms with Gasteiger partial charge in [0.05, 0.1) is 13.2 Å². The number of rotatable bonds is 35. The Morgan fingerprint density at radius 1 is 0.460 bits per heavy atom. The topological polar surface area (TPSA) is 35.5 Å². The van der Waals surface area contributed by atoms with E-state index in [9.17, 15) is 4.79 Å². The summed E-state index contributed by atoms with van der Waals surface area (Å²) in [6, 6.07) is 15.6. The van der Waals surface area contributed by atoms with Gasteiger partial charge in [-0.15, -0.1) is 0 Å². The lowest BCUT2D eigenvalue weighted by atomic mass is 10.0. The number of carbonyl (C=O) groups excluding carboxylic acids is 1. The van der Waals surface area contributed by atoms with Crippen LogP contribution < -0.4 is 9.47 Å². The molecule has 0 unspecified atom stereocenters. The number of benzene rings is 2. The predicted molar refractivity (Wildman–Crippen MR) is 218 cm³/mol. The number of hydrogen-bond acceptors (Lipinski definition) is 3. The van der Waals surface area contributed by atoms with Gasteiger partial charge in [-0.25, -0.2) is 0 Å². The summed E-state index contributed by atoms with van der Waals surface area (Å²) in [7, 11) is 0. The Morgan fingerprint density at radius 2 is 0.840 bits per heavy atom. The molecule has 0 spiro atoms. The zero-order valence-corrected chi connectivity index (χ0v) is 32.7. The number of unbranched alkanes of at least 4 members (excludes halogenated alkanes) is 26. The molecule has 0 radical (unpaired) electrons. The van der Waals surface area contributed by atoms with Gasteiger partial charge in [-0.05, 0) is 48.7 Å². The molecule has 0 atom stereocenters. The zero-order valence-electron chi connectivity index (χ0n) is 32.7. The summed E-state index contributed by atoms with van der Waals surface area (Å²) < 4.78 is 11.9. The Hall–Kier alpha value is -2.55. The quantitative estimate of drug-likeness (QED) is 0.0411. The van der Waals surface area contributed by atoms with E-state index in [1.165, 1.54) is 167 Å². The van der Waals surface area contributed by atoms with Crippen molar-refractivity contribution in [1.82, 2.24) is 0 Å². The van der Waals surface area contributed by atoms with Crippen molar-refractivity contribution in [3.05, 3.63) is 65.7 Å². The minimum Gasteiger partial charge on any atom is -0.494 e. The number of ketones is 1. The fourth-order valence-corrected chi connectivity index (χ4v) is 6.66. The lowest BCUT2D eigenvalue weighted by Gasteiger charge is -2.07. The van der Waals surface area contributed by atoms with Crippen molar-refractivity contribution in [2.75, 3.05) is 13.2 Å². The van der Waals surface area contributed by atoms with Gasteiger partial charge in [0, 0.05) is 5.56 Å². The molecule has 0 saturated carbocycles. The van der Waals surface area contributed by atoms with Crippen molar-refractivity contribution < 1.29 is 14.3 Å². The first kappa shape index (κ1) is 43.6. The Labute approximate surface area is 309 Å². The van der Waals surface area contributed by atoms with Crippen LogP contribution in [0.4, 0.5) is 0 Å². The van der Waals surface area contributed by atoms with Crippen LogP contribution in [0.3, 0.4) is 0 Å². The third-order valence-electron chi connectivity index (χ3n) is 9.96. The smallest absolute Gasteiger partial charge is 0.185 e. The minimum absolute atomic E-state index is 0.00919. The van der Waals surface area contributed by atoms with Crippen LogP contribution in [0, 0.1) is 0 Å². The van der Waals surface area contributed by atoms with E-state index >= 15 is 0 Å². The second kappa shape index (κ2) is 32.4. The van der Waals surface area contributed by atoms with E-state index in [-0.39, 0.29) is 5.78 Å². The molecule has 0 amide bonds. The Balaban J connectivity index is 1.47. The molecule has 282 valence electrons. The number of allylic oxidation sites excluding steroid dienone is 1. The van der Waals surface area contributed by atoms with Crippen LogP contribution in [0.2, 0.25) is 0 Å². The first-order valence-corrected chi connectivity index (χ1v) is 21.4. The van der Waals surface area contributed by atoms with Crippen LogP contribution in [0.15, 0.2) is 54.6 Å². The molecule has 0 saturated heterocycles. The molecule has 0 aromatic heterocycles. The van der Waals surface area contributed by atoms with Gasteiger partial charge in [-0.2, -0.15) is 0 Å². The van der Waals surface area contributed by atoms with Crippen molar-refractivity contribution in [2.24, 2.45) is 0 Å². The predicted octanol–water partition coefficient (Wildman–Crippen LogP) is 15.3. The minimum atomic E-state index is -0.00919. The fraction of sp³-hybridized carbons (Fsp3) is 0.681. The molecule has 0 aliphatic rings. The Bertz CT molecular complexity index is 1070. The average molecular weight is 689 g/mol. The third kappa shape index (κ3) is 24.6. The summed E-state index contributed by atoms with van der Waals surface area (Å²) in [6.07, 6.45) is 41.6. The van der Waals surface area contributed by atoms with Gasteiger partial charge >= 0.3 is 0 Å². The van der Waals surface area contributed by atoms with Gasteiger partial charge in [0.1, 0.15) is 11.5 Å². The van der Waals surface area contributed by atoms with Crippen LogP contribution >= 0.6 is 0 Å². The molecule has 3 heteroatoms. The molecule has 0 bridgehead atoms. The lowest BCUT2D eigenvalue weighted by molar-refractivity contribution is 0.104. The lowest BCUT2D eigenvalue weighted by Crippen LogP contribution is -2.00. The SMILES string of the molecule is CCCCCCCCCCCCCCCCOc1ccc(/C=C/C(=O)c2cccc(OCCCCCCCCCCCCCCCC)c2)cc1. The number of carbonyl (C=O) groups is 1. The maximum atomic E-state index is 12.9. The second-order valence-electron chi connectivity index (χ2n) is 14.7. The van der Waals surface area contributed by atoms with Crippen molar-refractivity contribution in [3.8, 4) is 11.5 Å². The second-order valence-corrected chi connectivity index (χ2v) is 14.7. The summed E-state index contributed by atoms with van der Waals surface area (Å²) in [5.41, 5.74) is 1.65. The molecule has 50 heavy (non-hydrogen) atoms. The third-order valence-corrected chi connectivity index (χ3v) is 9.96. The Kier molecular flexibility index (Phi) is 28.2. The molecule has 0 aliphatic heterocycles. The first-order valence-electron chi connectivity index (χ1n) is 21.4. The molecule has 0 heterocycles. The van der Waals surface area contributed by atoms with Crippen LogP contribution in [0.1, 0.15) is 210 Å². The van der Waals surface area contributed by atoms with E-state index in [0.717, 1.165) is 36.5 Å². The molecule has 2 rings (SSSR count). The van der Waals surface area contributed by atoms with Gasteiger partial charge < -0.3 is 9.47 Å². The van der Waals surface area contributed by atoms with E-state index in [0.29, 0.717) is 12.2 Å².